The van der Waals surface area contributed by atoms with E-state index in [2.05, 4.69) is 15.5 Å². The van der Waals surface area contributed by atoms with Crippen molar-refractivity contribution in [3.05, 3.63) is 52.4 Å². The van der Waals surface area contributed by atoms with Crippen LogP contribution in [0.2, 0.25) is 0 Å². The van der Waals surface area contributed by atoms with E-state index in [1.165, 1.54) is 18.2 Å². The number of anilines is 1. The fourth-order valence-corrected chi connectivity index (χ4v) is 1.24. The number of carbonyl (C=O) groups is 1. The van der Waals surface area contributed by atoms with Crippen LogP contribution in [0, 0.1) is 0 Å². The molecule has 17 heavy (non-hydrogen) atoms. The number of nitrogens with one attached hydrogen (secondary N) is 2. The Morgan fingerprint density at radius 1 is 1.24 bits per heavy atom. The van der Waals surface area contributed by atoms with Crippen LogP contribution in [-0.4, -0.2) is 21.2 Å². The topological polar surface area (TPSA) is 95.1 Å². The zero-order valence-corrected chi connectivity index (χ0v) is 8.68. The number of aromatic nitrogens is 2. The second-order valence-electron chi connectivity index (χ2n) is 3.28. The van der Waals surface area contributed by atoms with E-state index in [9.17, 15) is 14.7 Å². The standard InChI is InChI=1S/C11H9N3O3/c15-9-4-2-1-3-7(9)12-11(17)8-5-6-10(16)14-13-8/h1-6,15H,(H,12,17)(H,14,16). The lowest BCUT2D eigenvalue weighted by atomic mass is 10.3. The smallest absolute Gasteiger partial charge is 0.276 e. The van der Waals surface area contributed by atoms with Crippen LogP contribution >= 0.6 is 0 Å². The number of phenols is 1. The number of benzene rings is 1. The van der Waals surface area contributed by atoms with Crippen LogP contribution in [0.1, 0.15) is 10.5 Å². The van der Waals surface area contributed by atoms with E-state index in [0.717, 1.165) is 0 Å². The number of amides is 1. The number of rotatable bonds is 2. The first-order valence-electron chi connectivity index (χ1n) is 4.82. The first-order valence-corrected chi connectivity index (χ1v) is 4.82. The summed E-state index contributed by atoms with van der Waals surface area (Å²) in [7, 11) is 0. The molecule has 0 saturated heterocycles. The lowest BCUT2D eigenvalue weighted by Gasteiger charge is -2.05. The molecule has 1 amide bonds. The van der Waals surface area contributed by atoms with Gasteiger partial charge < -0.3 is 10.4 Å². The number of carbonyl (C=O) groups excluding carboxylic acids is 1. The molecule has 2 rings (SSSR count). The van der Waals surface area contributed by atoms with Crippen LogP contribution in [0.25, 0.3) is 0 Å². The van der Waals surface area contributed by atoms with Crippen LogP contribution in [0.3, 0.4) is 0 Å². The highest BCUT2D eigenvalue weighted by Crippen LogP contribution is 2.21. The molecule has 1 aromatic carbocycles. The number of hydrogen-bond donors (Lipinski definition) is 3. The third-order valence-corrected chi connectivity index (χ3v) is 2.06. The van der Waals surface area contributed by atoms with Crippen molar-refractivity contribution in [1.82, 2.24) is 10.2 Å². The van der Waals surface area contributed by atoms with Gasteiger partial charge in [-0.05, 0) is 18.2 Å². The minimum absolute atomic E-state index is 0.0368. The monoisotopic (exact) mass is 231 g/mol. The molecule has 0 aliphatic heterocycles. The molecule has 6 nitrogen and oxygen atoms in total. The average molecular weight is 231 g/mol. The minimum atomic E-state index is -0.511. The summed E-state index contributed by atoms with van der Waals surface area (Å²) < 4.78 is 0. The molecule has 86 valence electrons. The van der Waals surface area contributed by atoms with Gasteiger partial charge in [0.1, 0.15) is 11.4 Å². The summed E-state index contributed by atoms with van der Waals surface area (Å²) in [6.07, 6.45) is 0. The molecule has 0 unspecified atom stereocenters. The lowest BCUT2D eigenvalue weighted by Crippen LogP contribution is -2.17. The quantitative estimate of drug-likeness (QED) is 0.664. The van der Waals surface area contributed by atoms with Gasteiger partial charge in [0.15, 0.2) is 0 Å². The Balaban J connectivity index is 2.20. The molecule has 0 saturated carbocycles. The van der Waals surface area contributed by atoms with Gasteiger partial charge in [0.05, 0.1) is 5.69 Å². The van der Waals surface area contributed by atoms with Crippen molar-refractivity contribution in [2.24, 2.45) is 0 Å². The number of phenolic OH excluding ortho intramolecular Hbond substituents is 1. The van der Waals surface area contributed by atoms with Gasteiger partial charge in [-0.1, -0.05) is 12.1 Å². The third-order valence-electron chi connectivity index (χ3n) is 2.06. The van der Waals surface area contributed by atoms with E-state index in [4.69, 9.17) is 0 Å². The molecular formula is C11H9N3O3. The molecule has 1 heterocycles. The molecule has 3 N–H and O–H groups in total. The van der Waals surface area contributed by atoms with E-state index in [-0.39, 0.29) is 22.7 Å². The van der Waals surface area contributed by atoms with Crippen LogP contribution in [0.5, 0.6) is 5.75 Å². The Kier molecular flexibility index (Phi) is 2.87. The Labute approximate surface area is 95.9 Å². The second-order valence-corrected chi connectivity index (χ2v) is 3.28. The molecule has 0 radical (unpaired) electrons. The van der Waals surface area contributed by atoms with E-state index in [0.29, 0.717) is 0 Å². The normalized spacial score (nSPS) is 9.88. The highest BCUT2D eigenvalue weighted by molar-refractivity contribution is 6.03. The molecule has 0 bridgehead atoms. The molecule has 0 fully saturated rings. The van der Waals surface area contributed by atoms with Crippen molar-refractivity contribution in [2.75, 3.05) is 5.32 Å². The first kappa shape index (κ1) is 10.9. The van der Waals surface area contributed by atoms with Crippen LogP contribution in [-0.2, 0) is 0 Å². The van der Waals surface area contributed by atoms with Gasteiger partial charge >= 0.3 is 0 Å². The van der Waals surface area contributed by atoms with Crippen LogP contribution in [0.4, 0.5) is 5.69 Å². The molecule has 0 aliphatic carbocycles. The maximum Gasteiger partial charge on any atom is 0.276 e. The van der Waals surface area contributed by atoms with Gasteiger partial charge in [-0.2, -0.15) is 5.10 Å². The first-order chi connectivity index (χ1) is 8.16. The van der Waals surface area contributed by atoms with Crippen molar-refractivity contribution < 1.29 is 9.90 Å². The van der Waals surface area contributed by atoms with Gasteiger partial charge in [-0.25, -0.2) is 5.10 Å². The molecule has 0 spiro atoms. The molecular weight excluding hydrogens is 222 g/mol. The third kappa shape index (κ3) is 2.49. The van der Waals surface area contributed by atoms with Crippen molar-refractivity contribution in [1.29, 1.82) is 0 Å². The summed E-state index contributed by atoms with van der Waals surface area (Å²) in [6, 6.07) is 8.83. The Hall–Kier alpha value is -2.63. The second kappa shape index (κ2) is 4.48. The fraction of sp³-hybridized carbons (Fsp3) is 0. The van der Waals surface area contributed by atoms with E-state index in [1.807, 2.05) is 0 Å². The van der Waals surface area contributed by atoms with Gasteiger partial charge in [-0.3, -0.25) is 9.59 Å². The predicted octanol–water partition coefficient (Wildman–Crippen LogP) is 0.728. The minimum Gasteiger partial charge on any atom is -0.506 e. The van der Waals surface area contributed by atoms with E-state index in [1.54, 1.807) is 18.2 Å². The SMILES string of the molecule is O=C(Nc1ccccc1O)c1ccc(=O)[nH]n1. The molecule has 6 heteroatoms. The summed E-state index contributed by atoms with van der Waals surface area (Å²) in [5.74, 6) is -0.548. The molecule has 0 atom stereocenters. The Bertz CT molecular complexity index is 586. The fourth-order valence-electron chi connectivity index (χ4n) is 1.24. The van der Waals surface area contributed by atoms with Crippen LogP contribution in [0.15, 0.2) is 41.2 Å². The van der Waals surface area contributed by atoms with Crippen molar-refractivity contribution >= 4 is 11.6 Å². The molecule has 1 aromatic heterocycles. The van der Waals surface area contributed by atoms with Crippen molar-refractivity contribution in [2.45, 2.75) is 0 Å². The highest BCUT2D eigenvalue weighted by Gasteiger charge is 2.09. The number of hydrogen-bond acceptors (Lipinski definition) is 4. The largest absolute Gasteiger partial charge is 0.506 e. The summed E-state index contributed by atoms with van der Waals surface area (Å²) in [5, 5.41) is 17.7. The van der Waals surface area contributed by atoms with Gasteiger partial charge in [0.25, 0.3) is 11.5 Å². The summed E-state index contributed by atoms with van der Waals surface area (Å²) in [4.78, 5) is 22.4. The Morgan fingerprint density at radius 3 is 2.65 bits per heavy atom. The number of H-pyrrole nitrogens is 1. The van der Waals surface area contributed by atoms with Crippen molar-refractivity contribution in [3.63, 3.8) is 0 Å². The maximum absolute atomic E-state index is 11.7. The predicted molar refractivity (Wildman–Crippen MR) is 60.9 cm³/mol. The molecule has 0 aliphatic rings. The number of nitrogens with zero attached hydrogens (tertiary/aromatic N) is 1. The average Bonchev–Trinajstić information content (AvgIpc) is 2.33. The number of aromatic hydroxyl groups is 1. The number of para-hydroxylation sites is 2. The van der Waals surface area contributed by atoms with Crippen LogP contribution < -0.4 is 10.9 Å². The van der Waals surface area contributed by atoms with Gasteiger partial charge in [-0.15, -0.1) is 0 Å². The summed E-state index contributed by atoms with van der Waals surface area (Å²) >= 11 is 0. The Morgan fingerprint density at radius 2 is 2.00 bits per heavy atom. The zero-order valence-electron chi connectivity index (χ0n) is 8.68. The van der Waals surface area contributed by atoms with Gasteiger partial charge in [0, 0.05) is 6.07 Å². The summed E-state index contributed by atoms with van der Waals surface area (Å²) in [5.41, 5.74) is -0.0394. The van der Waals surface area contributed by atoms with Gasteiger partial charge in [0.2, 0.25) is 0 Å². The lowest BCUT2D eigenvalue weighted by molar-refractivity contribution is 0.102. The van der Waals surface area contributed by atoms with Crippen molar-refractivity contribution in [3.8, 4) is 5.75 Å². The van der Waals surface area contributed by atoms with E-state index < -0.39 is 5.91 Å². The summed E-state index contributed by atoms with van der Waals surface area (Å²) in [6.45, 7) is 0. The van der Waals surface area contributed by atoms with E-state index >= 15 is 0 Å². The number of aromatic amines is 1. The maximum atomic E-state index is 11.7. The highest BCUT2D eigenvalue weighted by atomic mass is 16.3. The zero-order chi connectivity index (χ0) is 12.3. The molecule has 2 aromatic rings.